The molecular formula is C6H12N2O3. The topological polar surface area (TPSA) is 69.6 Å². The summed E-state index contributed by atoms with van der Waals surface area (Å²) in [7, 11) is 3.04. The number of carbonyl (C=O) groups excluding carboxylic acids is 1. The van der Waals surface area contributed by atoms with Crippen molar-refractivity contribution in [2.24, 2.45) is 0 Å². The Bertz CT molecular complexity index is 158. The molecule has 0 aromatic rings. The number of amides is 2. The van der Waals surface area contributed by atoms with E-state index in [0.29, 0.717) is 0 Å². The van der Waals surface area contributed by atoms with Gasteiger partial charge in [0, 0.05) is 20.6 Å². The Morgan fingerprint density at radius 3 is 2.45 bits per heavy atom. The maximum absolute atomic E-state index is 10.7. The first-order valence-electron chi connectivity index (χ1n) is 3.22. The number of nitrogens with zero attached hydrogens (tertiary/aromatic N) is 1. The number of urea groups is 1. The van der Waals surface area contributed by atoms with Crippen molar-refractivity contribution < 1.29 is 14.7 Å². The summed E-state index contributed by atoms with van der Waals surface area (Å²) in [6.07, 6.45) is -0.0239. The van der Waals surface area contributed by atoms with Crippen molar-refractivity contribution in [1.29, 1.82) is 0 Å². The molecule has 11 heavy (non-hydrogen) atoms. The fourth-order valence-corrected chi connectivity index (χ4v) is 0.556. The first kappa shape index (κ1) is 9.74. The molecule has 5 heteroatoms. The van der Waals surface area contributed by atoms with Crippen LogP contribution in [0.1, 0.15) is 6.42 Å². The van der Waals surface area contributed by atoms with E-state index < -0.39 is 5.97 Å². The van der Waals surface area contributed by atoms with Crippen molar-refractivity contribution in [3.8, 4) is 0 Å². The smallest absolute Gasteiger partial charge is 0.316 e. The molecule has 0 heterocycles. The lowest BCUT2D eigenvalue weighted by Crippen LogP contribution is -2.36. The molecule has 0 rings (SSSR count). The monoisotopic (exact) mass is 160 g/mol. The number of hydrogen-bond donors (Lipinski definition) is 2. The van der Waals surface area contributed by atoms with Crippen molar-refractivity contribution in [3.63, 3.8) is 0 Å². The fraction of sp³-hybridized carbons (Fsp3) is 0.667. The molecule has 0 aromatic heterocycles. The van der Waals surface area contributed by atoms with E-state index in [1.807, 2.05) is 0 Å². The lowest BCUT2D eigenvalue weighted by atomic mass is 10.4. The minimum Gasteiger partial charge on any atom is -0.481 e. The Kier molecular flexibility index (Phi) is 4.02. The molecule has 5 nitrogen and oxygen atoms in total. The Morgan fingerprint density at radius 2 is 2.09 bits per heavy atom. The van der Waals surface area contributed by atoms with E-state index in [1.54, 1.807) is 7.05 Å². The minimum atomic E-state index is -0.902. The van der Waals surface area contributed by atoms with Crippen LogP contribution in [0.4, 0.5) is 4.79 Å². The quantitative estimate of drug-likeness (QED) is 0.597. The van der Waals surface area contributed by atoms with Gasteiger partial charge in [-0.1, -0.05) is 0 Å². The van der Waals surface area contributed by atoms with Gasteiger partial charge in [-0.2, -0.15) is 0 Å². The third-order valence-electron chi connectivity index (χ3n) is 1.22. The Hall–Kier alpha value is -1.26. The number of rotatable bonds is 3. The average molecular weight is 160 g/mol. The van der Waals surface area contributed by atoms with Crippen molar-refractivity contribution in [3.05, 3.63) is 0 Å². The van der Waals surface area contributed by atoms with Gasteiger partial charge in [0.05, 0.1) is 6.42 Å². The third-order valence-corrected chi connectivity index (χ3v) is 1.22. The molecule has 0 saturated carbocycles. The van der Waals surface area contributed by atoms with E-state index in [2.05, 4.69) is 5.32 Å². The molecule has 0 radical (unpaired) electrons. The highest BCUT2D eigenvalue weighted by atomic mass is 16.4. The third kappa shape index (κ3) is 4.19. The summed E-state index contributed by atoms with van der Waals surface area (Å²) in [5, 5.41) is 10.6. The van der Waals surface area contributed by atoms with Gasteiger partial charge in [0.15, 0.2) is 0 Å². The average Bonchev–Trinajstić information content (AvgIpc) is 1.98. The van der Waals surface area contributed by atoms with Crippen LogP contribution in [0.3, 0.4) is 0 Å². The first-order valence-corrected chi connectivity index (χ1v) is 3.22. The molecule has 0 aliphatic heterocycles. The van der Waals surface area contributed by atoms with Gasteiger partial charge in [0.25, 0.3) is 0 Å². The standard InChI is InChI=1S/C6H12N2O3/c1-7-6(11)8(2)4-3-5(9)10/h3-4H2,1-2H3,(H,7,11)(H,9,10). The number of carboxylic acids is 1. The number of aliphatic carboxylic acids is 1. The van der Waals surface area contributed by atoms with E-state index >= 15 is 0 Å². The van der Waals surface area contributed by atoms with Crippen LogP contribution < -0.4 is 5.32 Å². The van der Waals surface area contributed by atoms with Gasteiger partial charge in [0.1, 0.15) is 0 Å². The van der Waals surface area contributed by atoms with Crippen LogP contribution in [0.15, 0.2) is 0 Å². The number of hydrogen-bond acceptors (Lipinski definition) is 2. The number of nitrogens with one attached hydrogen (secondary N) is 1. The molecule has 0 aliphatic rings. The highest BCUT2D eigenvalue weighted by Crippen LogP contribution is 1.87. The molecule has 2 N–H and O–H groups in total. The maximum Gasteiger partial charge on any atom is 0.316 e. The SMILES string of the molecule is CNC(=O)N(C)CCC(=O)O. The molecule has 0 aromatic carbocycles. The van der Waals surface area contributed by atoms with E-state index in [1.165, 1.54) is 11.9 Å². The highest BCUT2D eigenvalue weighted by Gasteiger charge is 2.06. The van der Waals surface area contributed by atoms with Crippen LogP contribution in [0.2, 0.25) is 0 Å². The summed E-state index contributed by atoms with van der Waals surface area (Å²) in [5.74, 6) is -0.902. The second-order valence-corrected chi connectivity index (χ2v) is 2.12. The van der Waals surface area contributed by atoms with Gasteiger partial charge in [-0.15, -0.1) is 0 Å². The lowest BCUT2D eigenvalue weighted by molar-refractivity contribution is -0.137. The van der Waals surface area contributed by atoms with Crippen molar-refractivity contribution >= 4 is 12.0 Å². The Morgan fingerprint density at radius 1 is 1.55 bits per heavy atom. The van der Waals surface area contributed by atoms with Gasteiger partial charge >= 0.3 is 12.0 Å². The lowest BCUT2D eigenvalue weighted by Gasteiger charge is -2.14. The Labute approximate surface area is 65.0 Å². The van der Waals surface area contributed by atoms with Crippen LogP contribution in [-0.4, -0.2) is 42.6 Å². The number of carboxylic acid groups (broad SMARTS) is 1. The molecule has 0 unspecified atom stereocenters. The van der Waals surface area contributed by atoms with E-state index in [-0.39, 0.29) is 19.0 Å². The normalized spacial score (nSPS) is 8.91. The zero-order chi connectivity index (χ0) is 8.85. The first-order chi connectivity index (χ1) is 5.07. The summed E-state index contributed by atoms with van der Waals surface area (Å²) in [4.78, 5) is 22.1. The highest BCUT2D eigenvalue weighted by molar-refractivity contribution is 5.74. The van der Waals surface area contributed by atoms with Crippen LogP contribution in [-0.2, 0) is 4.79 Å². The summed E-state index contributed by atoms with van der Waals surface area (Å²) < 4.78 is 0. The largest absolute Gasteiger partial charge is 0.481 e. The van der Waals surface area contributed by atoms with Crippen molar-refractivity contribution in [2.45, 2.75) is 6.42 Å². The van der Waals surface area contributed by atoms with Crippen LogP contribution in [0.5, 0.6) is 0 Å². The second kappa shape index (κ2) is 4.54. The predicted molar refractivity (Wildman–Crippen MR) is 39.3 cm³/mol. The Balaban J connectivity index is 3.60. The second-order valence-electron chi connectivity index (χ2n) is 2.12. The van der Waals surface area contributed by atoms with E-state index in [9.17, 15) is 9.59 Å². The summed E-state index contributed by atoms with van der Waals surface area (Å²) in [5.41, 5.74) is 0. The molecule has 0 bridgehead atoms. The van der Waals surface area contributed by atoms with E-state index in [0.717, 1.165) is 0 Å². The maximum atomic E-state index is 10.7. The molecule has 0 atom stereocenters. The van der Waals surface area contributed by atoms with Gasteiger partial charge in [-0.3, -0.25) is 4.79 Å². The minimum absolute atomic E-state index is 0.0239. The van der Waals surface area contributed by atoms with Crippen LogP contribution in [0, 0.1) is 0 Å². The van der Waals surface area contributed by atoms with Gasteiger partial charge < -0.3 is 15.3 Å². The molecule has 0 saturated heterocycles. The zero-order valence-corrected chi connectivity index (χ0v) is 6.63. The van der Waals surface area contributed by atoms with Crippen molar-refractivity contribution in [1.82, 2.24) is 10.2 Å². The fourth-order valence-electron chi connectivity index (χ4n) is 0.556. The van der Waals surface area contributed by atoms with Gasteiger partial charge in [-0.05, 0) is 0 Å². The predicted octanol–water partition coefficient (Wildman–Crippen LogP) is -0.268. The molecule has 64 valence electrons. The summed E-state index contributed by atoms with van der Waals surface area (Å²) >= 11 is 0. The summed E-state index contributed by atoms with van der Waals surface area (Å²) in [6.45, 7) is 0.231. The number of carbonyl (C=O) groups is 2. The molecular weight excluding hydrogens is 148 g/mol. The van der Waals surface area contributed by atoms with Gasteiger partial charge in [-0.25, -0.2) is 4.79 Å². The molecule has 0 aliphatic carbocycles. The van der Waals surface area contributed by atoms with E-state index in [4.69, 9.17) is 5.11 Å². The molecule has 0 fully saturated rings. The molecule has 2 amide bonds. The van der Waals surface area contributed by atoms with Crippen LogP contribution in [0.25, 0.3) is 0 Å². The van der Waals surface area contributed by atoms with Crippen molar-refractivity contribution in [2.75, 3.05) is 20.6 Å². The van der Waals surface area contributed by atoms with Gasteiger partial charge in [0.2, 0.25) is 0 Å². The summed E-state index contributed by atoms with van der Waals surface area (Å²) in [6, 6.07) is -0.272. The molecule has 0 spiro atoms. The van der Waals surface area contributed by atoms with Crippen LogP contribution >= 0.6 is 0 Å². The zero-order valence-electron chi connectivity index (χ0n) is 6.63.